The van der Waals surface area contributed by atoms with E-state index in [0.717, 1.165) is 25.9 Å². The van der Waals surface area contributed by atoms with Gasteiger partial charge < -0.3 is 4.90 Å². The van der Waals surface area contributed by atoms with Gasteiger partial charge in [0.05, 0.1) is 0 Å². The molecule has 0 aromatic rings. The third-order valence-corrected chi connectivity index (χ3v) is 1.90. The van der Waals surface area contributed by atoms with Crippen molar-refractivity contribution in [2.24, 2.45) is 0 Å². The number of halogens is 1. The zero-order valence-electron chi connectivity index (χ0n) is 8.44. The van der Waals surface area contributed by atoms with Crippen molar-refractivity contribution in [1.29, 1.82) is 0 Å². The van der Waals surface area contributed by atoms with Crippen LogP contribution in [0.25, 0.3) is 0 Å². The molecule has 1 fully saturated rings. The third-order valence-electron chi connectivity index (χ3n) is 1.90. The Labute approximate surface area is 70.0 Å². The van der Waals surface area contributed by atoms with Gasteiger partial charge in [-0.3, -0.25) is 0 Å². The maximum Gasteiger partial charge on any atom is 0.118 e. The molecule has 66 valence electrons. The number of likely N-dealkylation sites (tertiary alicyclic amines) is 1. The minimum atomic E-state index is -1.09. The van der Waals surface area contributed by atoms with Gasteiger partial charge in [-0.2, -0.15) is 0 Å². The highest BCUT2D eigenvalue weighted by Crippen LogP contribution is 2.15. The molecular weight excluding hydrogens is 141 g/mol. The number of alkyl halides is 1. The fourth-order valence-electron chi connectivity index (χ4n) is 1.49. The molecule has 0 bridgehead atoms. The van der Waals surface area contributed by atoms with Gasteiger partial charge in [-0.1, -0.05) is 6.40 Å². The quantitative estimate of drug-likeness (QED) is 0.598. The number of hydrogen-bond donors (Lipinski definition) is 0. The van der Waals surface area contributed by atoms with Gasteiger partial charge in [0, 0.05) is 7.92 Å². The van der Waals surface area contributed by atoms with Gasteiger partial charge in [-0.15, -0.1) is 0 Å². The second-order valence-electron chi connectivity index (χ2n) is 3.86. The Hall–Kier alpha value is -0.110. The zero-order chi connectivity index (χ0) is 9.19. The summed E-state index contributed by atoms with van der Waals surface area (Å²) >= 11 is 0. The average molecular weight is 160 g/mol. The van der Waals surface area contributed by atoms with Crippen LogP contribution in [0.3, 0.4) is 0 Å². The van der Waals surface area contributed by atoms with Crippen molar-refractivity contribution in [3.05, 3.63) is 0 Å². The highest BCUT2D eigenvalue weighted by Gasteiger charge is 2.21. The minimum Gasteiger partial charge on any atom is -0.300 e. The molecule has 1 nitrogen and oxygen atoms in total. The summed E-state index contributed by atoms with van der Waals surface area (Å²) in [5.41, 5.74) is -1.09. The monoisotopic (exact) mass is 160 g/mol. The minimum absolute atomic E-state index is 0.0870. The van der Waals surface area contributed by atoms with Crippen molar-refractivity contribution >= 4 is 0 Å². The number of rotatable bonds is 2. The van der Waals surface area contributed by atoms with E-state index in [-0.39, 0.29) is 6.40 Å². The fraction of sp³-hybridized carbons (Fsp3) is 1.00. The first-order valence-corrected chi connectivity index (χ1v) is 4.31. The molecule has 1 rings (SSSR count). The van der Waals surface area contributed by atoms with Crippen LogP contribution in [-0.4, -0.2) is 30.2 Å². The summed E-state index contributed by atoms with van der Waals surface area (Å²) in [6.07, 6.45) is 1.88. The van der Waals surface area contributed by atoms with Crippen molar-refractivity contribution in [2.45, 2.75) is 38.8 Å². The van der Waals surface area contributed by atoms with Crippen molar-refractivity contribution in [1.82, 2.24) is 4.90 Å². The smallest absolute Gasteiger partial charge is 0.118 e. The molecule has 0 saturated carbocycles. The maximum atomic E-state index is 13.2. The molecule has 0 spiro atoms. The lowest BCUT2D eigenvalue weighted by molar-refractivity contribution is 0.111. The lowest BCUT2D eigenvalue weighted by Gasteiger charge is -2.30. The molecule has 0 aromatic heterocycles. The van der Waals surface area contributed by atoms with E-state index in [1.165, 1.54) is 0 Å². The Morgan fingerprint density at radius 3 is 2.45 bits per heavy atom. The summed E-state index contributed by atoms with van der Waals surface area (Å²) in [6, 6.07) is 0. The summed E-state index contributed by atoms with van der Waals surface area (Å²) in [5.74, 6) is 0. The van der Waals surface area contributed by atoms with E-state index >= 15 is 0 Å². The molecule has 0 radical (unpaired) electrons. The van der Waals surface area contributed by atoms with Crippen LogP contribution in [0.15, 0.2) is 0 Å². The Morgan fingerprint density at radius 2 is 2.00 bits per heavy atom. The van der Waals surface area contributed by atoms with E-state index in [4.69, 9.17) is 1.37 Å². The maximum absolute atomic E-state index is 13.2. The average Bonchev–Trinajstić information content (AvgIpc) is 1.91. The van der Waals surface area contributed by atoms with Gasteiger partial charge in [-0.05, 0) is 39.8 Å². The number of hydrogen-bond acceptors (Lipinski definition) is 1. The van der Waals surface area contributed by atoms with E-state index in [1.807, 2.05) is 0 Å². The van der Waals surface area contributed by atoms with Gasteiger partial charge in [0.25, 0.3) is 0 Å². The molecule has 11 heavy (non-hydrogen) atoms. The summed E-state index contributed by atoms with van der Waals surface area (Å²) in [6.45, 7) is 5.52. The Morgan fingerprint density at radius 1 is 1.45 bits per heavy atom. The molecule has 0 aromatic carbocycles. The van der Waals surface area contributed by atoms with Crippen molar-refractivity contribution in [3.8, 4) is 0 Å². The topological polar surface area (TPSA) is 3.24 Å². The Bertz CT molecular complexity index is 136. The van der Waals surface area contributed by atoms with Gasteiger partial charge >= 0.3 is 0 Å². The number of nitrogens with zero attached hydrogens (tertiary/aromatic N) is 1. The van der Waals surface area contributed by atoms with Crippen LogP contribution in [0.4, 0.5) is 4.39 Å². The van der Waals surface area contributed by atoms with Crippen molar-refractivity contribution < 1.29 is 5.76 Å². The van der Waals surface area contributed by atoms with E-state index in [1.54, 1.807) is 13.8 Å². The highest BCUT2D eigenvalue weighted by molar-refractivity contribution is 4.74. The van der Waals surface area contributed by atoms with Crippen LogP contribution < -0.4 is 0 Å². The van der Waals surface area contributed by atoms with E-state index < -0.39 is 5.67 Å². The van der Waals surface area contributed by atoms with Gasteiger partial charge in [-0.25, -0.2) is 4.39 Å². The van der Waals surface area contributed by atoms with Crippen LogP contribution in [0.5, 0.6) is 0 Å². The SMILES string of the molecule is [2H]C1CCN(CC(C)(C)F)CC1. The first kappa shape index (κ1) is 7.53. The van der Waals surface area contributed by atoms with Gasteiger partial charge in [0.2, 0.25) is 0 Å². The molecule has 1 aliphatic rings. The van der Waals surface area contributed by atoms with Crippen LogP contribution >= 0.6 is 0 Å². The molecule has 2 heteroatoms. The normalized spacial score (nSPS) is 25.2. The lowest BCUT2D eigenvalue weighted by Crippen LogP contribution is -2.38. The molecule has 0 amide bonds. The van der Waals surface area contributed by atoms with Crippen LogP contribution in [0, 0.1) is 0 Å². The first-order valence-electron chi connectivity index (χ1n) is 4.89. The van der Waals surface area contributed by atoms with Crippen molar-refractivity contribution in [3.63, 3.8) is 0 Å². The standard InChI is InChI=1S/C9H18FN/c1-9(2,10)8-11-6-4-3-5-7-11/h3-8H2,1-2H3/i3D. The lowest BCUT2D eigenvalue weighted by atomic mass is 10.1. The molecule has 0 unspecified atom stereocenters. The highest BCUT2D eigenvalue weighted by atomic mass is 19.1. The van der Waals surface area contributed by atoms with Crippen LogP contribution in [-0.2, 0) is 0 Å². The summed E-state index contributed by atoms with van der Waals surface area (Å²) < 4.78 is 20.7. The second-order valence-corrected chi connectivity index (χ2v) is 3.86. The summed E-state index contributed by atoms with van der Waals surface area (Å²) in [4.78, 5) is 2.12. The van der Waals surface area contributed by atoms with Crippen LogP contribution in [0.2, 0.25) is 0 Å². The summed E-state index contributed by atoms with van der Waals surface area (Å²) in [7, 11) is 0. The van der Waals surface area contributed by atoms with E-state index in [9.17, 15) is 4.39 Å². The molecule has 0 N–H and O–H groups in total. The van der Waals surface area contributed by atoms with E-state index in [0.29, 0.717) is 6.54 Å². The van der Waals surface area contributed by atoms with Crippen molar-refractivity contribution in [2.75, 3.05) is 19.6 Å². The number of piperidine rings is 1. The summed E-state index contributed by atoms with van der Waals surface area (Å²) in [5, 5.41) is 0. The Balaban J connectivity index is 2.26. The largest absolute Gasteiger partial charge is 0.300 e. The molecule has 1 aliphatic heterocycles. The molecule has 1 saturated heterocycles. The fourth-order valence-corrected chi connectivity index (χ4v) is 1.49. The second kappa shape index (κ2) is 3.53. The Kier molecular flexibility index (Phi) is 2.41. The van der Waals surface area contributed by atoms with Gasteiger partial charge in [0.15, 0.2) is 0 Å². The molecule has 1 heterocycles. The molecule has 0 aliphatic carbocycles. The predicted octanol–water partition coefficient (Wildman–Crippen LogP) is 2.22. The molecule has 0 atom stereocenters. The van der Waals surface area contributed by atoms with Crippen LogP contribution in [0.1, 0.15) is 34.5 Å². The van der Waals surface area contributed by atoms with E-state index in [2.05, 4.69) is 4.90 Å². The molecular formula is C9H18FN. The third kappa shape index (κ3) is 3.71. The van der Waals surface area contributed by atoms with Gasteiger partial charge in [0.1, 0.15) is 5.67 Å². The predicted molar refractivity (Wildman–Crippen MR) is 45.5 cm³/mol. The first-order chi connectivity index (χ1) is 5.47. The zero-order valence-corrected chi connectivity index (χ0v) is 7.44.